The third-order valence-electron chi connectivity index (χ3n) is 4.05. The highest BCUT2D eigenvalue weighted by Crippen LogP contribution is 2.24. The Morgan fingerprint density at radius 2 is 2.09 bits per heavy atom. The van der Waals surface area contributed by atoms with Gasteiger partial charge in [-0.05, 0) is 43.0 Å². The van der Waals surface area contributed by atoms with Gasteiger partial charge in [0.2, 0.25) is 0 Å². The monoisotopic (exact) mass is 304 g/mol. The fourth-order valence-corrected chi connectivity index (χ4v) is 2.71. The number of benzene rings is 1. The molecule has 116 valence electrons. The summed E-state index contributed by atoms with van der Waals surface area (Å²) in [5.41, 5.74) is -0.328. The quantitative estimate of drug-likeness (QED) is 0.685. The number of nitriles is 1. The number of nitrogens with zero attached hydrogens (tertiary/aromatic N) is 1. The minimum absolute atomic E-state index is 0.0235. The molecule has 0 bridgehead atoms. The average molecular weight is 304 g/mol. The Bertz CT molecular complexity index is 634. The maximum atomic E-state index is 13.6. The molecule has 1 aromatic rings. The van der Waals surface area contributed by atoms with Gasteiger partial charge in [0.05, 0.1) is 0 Å². The lowest BCUT2D eigenvalue weighted by molar-refractivity contribution is -0.118. The molecule has 2 atom stereocenters. The average Bonchev–Trinajstić information content (AvgIpc) is 2.50. The predicted molar refractivity (Wildman–Crippen MR) is 79.5 cm³/mol. The third kappa shape index (κ3) is 3.91. The van der Waals surface area contributed by atoms with Crippen molar-refractivity contribution < 1.29 is 13.6 Å². The number of hydrogen-bond donors (Lipinski definition) is 1. The Morgan fingerprint density at radius 1 is 1.36 bits per heavy atom. The molecule has 2 rings (SSSR count). The molecule has 0 spiro atoms. The van der Waals surface area contributed by atoms with Crippen molar-refractivity contribution in [2.24, 2.45) is 5.92 Å². The van der Waals surface area contributed by atoms with Gasteiger partial charge in [0.25, 0.3) is 5.91 Å². The Balaban J connectivity index is 2.16. The number of halogens is 2. The minimum Gasteiger partial charge on any atom is -0.348 e. The molecule has 1 saturated carbocycles. The van der Waals surface area contributed by atoms with Crippen molar-refractivity contribution in [3.05, 3.63) is 41.0 Å². The van der Waals surface area contributed by atoms with E-state index >= 15 is 0 Å². The standard InChI is InChI=1S/C17H18F2N2O/c1-11-4-2-3-5-16(11)21-17(22)13(10-20)8-12-9-14(18)6-7-15(12)19/h6-9,11,16H,2-5H2,1H3,(H,21,22)/b13-8+/t11-,16+/m0/s1. The first kappa shape index (κ1) is 16.2. The zero-order valence-electron chi connectivity index (χ0n) is 12.4. The molecule has 0 unspecified atom stereocenters. The summed E-state index contributed by atoms with van der Waals surface area (Å²) >= 11 is 0. The van der Waals surface area contributed by atoms with Crippen LogP contribution in [0.2, 0.25) is 0 Å². The first-order valence-corrected chi connectivity index (χ1v) is 7.39. The third-order valence-corrected chi connectivity index (χ3v) is 4.05. The lowest BCUT2D eigenvalue weighted by Gasteiger charge is -2.29. The molecule has 1 aromatic carbocycles. The summed E-state index contributed by atoms with van der Waals surface area (Å²) in [4.78, 5) is 12.2. The summed E-state index contributed by atoms with van der Waals surface area (Å²) in [6, 6.07) is 4.70. The van der Waals surface area contributed by atoms with E-state index in [1.54, 1.807) is 6.07 Å². The summed E-state index contributed by atoms with van der Waals surface area (Å²) in [5, 5.41) is 11.9. The van der Waals surface area contributed by atoms with E-state index in [4.69, 9.17) is 5.26 Å². The van der Waals surface area contributed by atoms with Crippen LogP contribution in [-0.2, 0) is 4.79 Å². The van der Waals surface area contributed by atoms with Crippen LogP contribution >= 0.6 is 0 Å². The van der Waals surface area contributed by atoms with Crippen LogP contribution in [0, 0.1) is 28.9 Å². The highest BCUT2D eigenvalue weighted by atomic mass is 19.1. The van der Waals surface area contributed by atoms with Crippen molar-refractivity contribution >= 4 is 12.0 Å². The molecular formula is C17H18F2N2O. The van der Waals surface area contributed by atoms with Gasteiger partial charge in [-0.15, -0.1) is 0 Å². The van der Waals surface area contributed by atoms with Crippen molar-refractivity contribution in [3.8, 4) is 6.07 Å². The van der Waals surface area contributed by atoms with Crippen LogP contribution in [0.3, 0.4) is 0 Å². The summed E-state index contributed by atoms with van der Waals surface area (Å²) in [6.07, 6.45) is 5.18. The predicted octanol–water partition coefficient (Wildman–Crippen LogP) is 3.57. The van der Waals surface area contributed by atoms with Gasteiger partial charge in [-0.1, -0.05) is 19.8 Å². The topological polar surface area (TPSA) is 52.9 Å². The second-order valence-electron chi connectivity index (χ2n) is 5.68. The highest BCUT2D eigenvalue weighted by Gasteiger charge is 2.24. The smallest absolute Gasteiger partial charge is 0.262 e. The van der Waals surface area contributed by atoms with Crippen LogP contribution in [0.5, 0.6) is 0 Å². The number of hydrogen-bond acceptors (Lipinski definition) is 2. The Hall–Kier alpha value is -2.22. The summed E-state index contributed by atoms with van der Waals surface area (Å²) in [5.74, 6) is -1.48. The number of carbonyl (C=O) groups excluding carboxylic acids is 1. The van der Waals surface area contributed by atoms with Gasteiger partial charge in [0.15, 0.2) is 0 Å². The fraction of sp³-hybridized carbons (Fsp3) is 0.412. The van der Waals surface area contributed by atoms with Gasteiger partial charge >= 0.3 is 0 Å². The van der Waals surface area contributed by atoms with Crippen molar-refractivity contribution in [1.29, 1.82) is 5.26 Å². The molecule has 1 fully saturated rings. The molecule has 0 saturated heterocycles. The van der Waals surface area contributed by atoms with Crippen LogP contribution in [0.1, 0.15) is 38.2 Å². The number of carbonyl (C=O) groups is 1. The van der Waals surface area contributed by atoms with Gasteiger partial charge in [-0.25, -0.2) is 8.78 Å². The van der Waals surface area contributed by atoms with E-state index in [2.05, 4.69) is 12.2 Å². The maximum absolute atomic E-state index is 13.6. The second-order valence-corrected chi connectivity index (χ2v) is 5.68. The molecule has 5 heteroatoms. The summed E-state index contributed by atoms with van der Waals surface area (Å²) < 4.78 is 26.7. The molecule has 1 aliphatic rings. The first-order valence-electron chi connectivity index (χ1n) is 7.39. The van der Waals surface area contributed by atoms with Gasteiger partial charge < -0.3 is 5.32 Å². The van der Waals surface area contributed by atoms with Crippen LogP contribution in [0.4, 0.5) is 8.78 Å². The second kappa shape index (κ2) is 7.17. The number of amides is 1. The fourth-order valence-electron chi connectivity index (χ4n) is 2.71. The van der Waals surface area contributed by atoms with Crippen LogP contribution in [-0.4, -0.2) is 11.9 Å². The van der Waals surface area contributed by atoms with Crippen molar-refractivity contribution in [3.63, 3.8) is 0 Å². The number of rotatable bonds is 3. The highest BCUT2D eigenvalue weighted by molar-refractivity contribution is 6.01. The number of nitrogens with one attached hydrogen (secondary N) is 1. The molecule has 0 aromatic heterocycles. The molecule has 1 amide bonds. The van der Waals surface area contributed by atoms with E-state index in [0.29, 0.717) is 5.92 Å². The summed E-state index contributed by atoms with van der Waals surface area (Å²) in [7, 11) is 0. The van der Waals surface area contributed by atoms with Crippen LogP contribution in [0.25, 0.3) is 6.08 Å². The molecule has 3 nitrogen and oxygen atoms in total. The van der Waals surface area contributed by atoms with Gasteiger partial charge in [0.1, 0.15) is 23.3 Å². The van der Waals surface area contributed by atoms with E-state index < -0.39 is 17.5 Å². The zero-order valence-corrected chi connectivity index (χ0v) is 12.4. The van der Waals surface area contributed by atoms with Crippen molar-refractivity contribution in [1.82, 2.24) is 5.32 Å². The van der Waals surface area contributed by atoms with E-state index in [1.165, 1.54) is 0 Å². The molecule has 0 heterocycles. The molecule has 1 aliphatic carbocycles. The van der Waals surface area contributed by atoms with Gasteiger partial charge in [-0.3, -0.25) is 4.79 Å². The van der Waals surface area contributed by atoms with Crippen molar-refractivity contribution in [2.75, 3.05) is 0 Å². The lowest BCUT2D eigenvalue weighted by Crippen LogP contribution is -2.41. The van der Waals surface area contributed by atoms with E-state index in [1.807, 2.05) is 0 Å². The Morgan fingerprint density at radius 3 is 2.77 bits per heavy atom. The van der Waals surface area contributed by atoms with E-state index in [-0.39, 0.29) is 17.2 Å². The maximum Gasteiger partial charge on any atom is 0.262 e. The normalized spacial score (nSPS) is 22.0. The van der Waals surface area contributed by atoms with Gasteiger partial charge in [-0.2, -0.15) is 5.26 Å². The Labute approximate surface area is 128 Å². The van der Waals surface area contributed by atoms with E-state index in [9.17, 15) is 13.6 Å². The SMILES string of the molecule is C[C@H]1CCCC[C@H]1NC(=O)/C(C#N)=C/c1cc(F)ccc1F. The molecule has 22 heavy (non-hydrogen) atoms. The van der Waals surface area contributed by atoms with Crippen LogP contribution < -0.4 is 5.32 Å². The largest absolute Gasteiger partial charge is 0.348 e. The Kier molecular flexibility index (Phi) is 5.26. The minimum atomic E-state index is -0.673. The summed E-state index contributed by atoms with van der Waals surface area (Å²) in [6.45, 7) is 2.06. The first-order chi connectivity index (χ1) is 10.5. The zero-order chi connectivity index (χ0) is 16.1. The van der Waals surface area contributed by atoms with Crippen molar-refractivity contribution in [2.45, 2.75) is 38.6 Å². The molecule has 0 radical (unpaired) electrons. The molecule has 1 N–H and O–H groups in total. The lowest BCUT2D eigenvalue weighted by atomic mass is 9.86. The molecular weight excluding hydrogens is 286 g/mol. The van der Waals surface area contributed by atoms with Crippen LogP contribution in [0.15, 0.2) is 23.8 Å². The molecule has 0 aliphatic heterocycles. The van der Waals surface area contributed by atoms with E-state index in [0.717, 1.165) is 50.0 Å². The van der Waals surface area contributed by atoms with Gasteiger partial charge in [0, 0.05) is 11.6 Å².